The average Bonchev–Trinajstić information content (AvgIpc) is 3.30. The lowest BCUT2D eigenvalue weighted by molar-refractivity contribution is 0.0690. The summed E-state index contributed by atoms with van der Waals surface area (Å²) in [6.45, 7) is 1.46. The Morgan fingerprint density at radius 3 is 2.65 bits per heavy atom. The maximum Gasteiger partial charge on any atom is 0.360 e. The topological polar surface area (TPSA) is 71.2 Å². The van der Waals surface area contributed by atoms with Gasteiger partial charge >= 0.3 is 5.97 Å². The molecule has 6 nitrogen and oxygen atoms in total. The van der Waals surface area contributed by atoms with Gasteiger partial charge in [-0.15, -0.1) is 15.0 Å². The number of benzene rings is 2. The SMILES string of the molecule is O=C(O)c1nn(-c2cccc(Cl)c2)nc1N1CC[C@H](c2ccccc2)C1. The van der Waals surface area contributed by atoms with E-state index < -0.39 is 5.97 Å². The van der Waals surface area contributed by atoms with Crippen LogP contribution >= 0.6 is 11.6 Å². The summed E-state index contributed by atoms with van der Waals surface area (Å²) in [6, 6.07) is 17.3. The van der Waals surface area contributed by atoms with Crippen molar-refractivity contribution in [1.82, 2.24) is 15.0 Å². The van der Waals surface area contributed by atoms with Gasteiger partial charge < -0.3 is 10.0 Å². The largest absolute Gasteiger partial charge is 0.476 e. The number of anilines is 1. The summed E-state index contributed by atoms with van der Waals surface area (Å²) in [6.07, 6.45) is 0.951. The minimum Gasteiger partial charge on any atom is -0.476 e. The summed E-state index contributed by atoms with van der Waals surface area (Å²) >= 11 is 6.02. The Balaban J connectivity index is 1.65. The van der Waals surface area contributed by atoms with E-state index in [1.54, 1.807) is 24.3 Å². The molecule has 1 atom stereocenters. The first-order valence-corrected chi connectivity index (χ1v) is 8.76. The van der Waals surface area contributed by atoms with Crippen molar-refractivity contribution in [3.8, 4) is 5.69 Å². The molecule has 0 radical (unpaired) electrons. The molecule has 1 fully saturated rings. The molecule has 1 aliphatic heterocycles. The summed E-state index contributed by atoms with van der Waals surface area (Å²) in [5.74, 6) is -0.332. The summed E-state index contributed by atoms with van der Waals surface area (Å²) in [4.78, 5) is 15.0. The molecule has 2 aromatic carbocycles. The van der Waals surface area contributed by atoms with Crippen LogP contribution < -0.4 is 4.90 Å². The third-order valence-corrected chi connectivity index (χ3v) is 4.83. The van der Waals surface area contributed by atoms with Gasteiger partial charge in [0.1, 0.15) is 0 Å². The predicted molar refractivity (Wildman–Crippen MR) is 99.3 cm³/mol. The highest BCUT2D eigenvalue weighted by Gasteiger charge is 2.30. The minimum atomic E-state index is -1.09. The van der Waals surface area contributed by atoms with E-state index in [9.17, 15) is 9.90 Å². The maximum atomic E-state index is 11.7. The van der Waals surface area contributed by atoms with E-state index in [0.717, 1.165) is 19.5 Å². The molecule has 4 rings (SSSR count). The number of aromatic carboxylic acids is 1. The number of hydrogen-bond donors (Lipinski definition) is 1. The van der Waals surface area contributed by atoms with E-state index in [4.69, 9.17) is 11.6 Å². The van der Waals surface area contributed by atoms with E-state index in [1.807, 2.05) is 23.1 Å². The van der Waals surface area contributed by atoms with Gasteiger partial charge in [0, 0.05) is 24.0 Å². The lowest BCUT2D eigenvalue weighted by Crippen LogP contribution is -2.22. The van der Waals surface area contributed by atoms with E-state index in [1.165, 1.54) is 10.4 Å². The molecular weight excluding hydrogens is 352 g/mol. The van der Waals surface area contributed by atoms with Crippen molar-refractivity contribution in [3.05, 3.63) is 70.9 Å². The van der Waals surface area contributed by atoms with Crippen molar-refractivity contribution in [2.24, 2.45) is 0 Å². The fraction of sp³-hybridized carbons (Fsp3) is 0.211. The Labute approximate surface area is 155 Å². The van der Waals surface area contributed by atoms with Gasteiger partial charge in [0.15, 0.2) is 5.82 Å². The van der Waals surface area contributed by atoms with Crippen LogP contribution in [0.15, 0.2) is 54.6 Å². The molecule has 1 aromatic heterocycles. The Bertz CT molecular complexity index is 942. The number of aromatic nitrogens is 3. The Morgan fingerprint density at radius 2 is 1.92 bits per heavy atom. The van der Waals surface area contributed by atoms with Crippen LogP contribution in [0.3, 0.4) is 0 Å². The number of halogens is 1. The summed E-state index contributed by atoms with van der Waals surface area (Å²) in [5, 5.41) is 18.7. The smallest absolute Gasteiger partial charge is 0.360 e. The van der Waals surface area contributed by atoms with Gasteiger partial charge in [-0.05, 0) is 30.2 Å². The zero-order chi connectivity index (χ0) is 18.1. The van der Waals surface area contributed by atoms with Crippen molar-refractivity contribution < 1.29 is 9.90 Å². The van der Waals surface area contributed by atoms with Gasteiger partial charge in [0.25, 0.3) is 0 Å². The lowest BCUT2D eigenvalue weighted by Gasteiger charge is -2.16. The molecule has 1 aliphatic rings. The standard InChI is InChI=1S/C19H17ClN4O2/c20-15-7-4-8-16(11-15)24-21-17(19(25)26)18(22-24)23-10-9-14(12-23)13-5-2-1-3-6-13/h1-8,11,14H,9-10,12H2,(H,25,26)/t14-/m0/s1. The molecule has 0 saturated carbocycles. The number of nitrogens with zero attached hydrogens (tertiary/aromatic N) is 4. The van der Waals surface area contributed by atoms with Gasteiger partial charge in [0.05, 0.1) is 5.69 Å². The van der Waals surface area contributed by atoms with Crippen molar-refractivity contribution >= 4 is 23.4 Å². The first-order chi connectivity index (χ1) is 12.6. The number of carbonyl (C=O) groups is 1. The van der Waals surface area contributed by atoms with Gasteiger partial charge in [-0.2, -0.15) is 0 Å². The van der Waals surface area contributed by atoms with Crippen LogP contribution in [0.25, 0.3) is 5.69 Å². The van der Waals surface area contributed by atoms with E-state index in [2.05, 4.69) is 22.3 Å². The molecule has 2 heterocycles. The molecule has 0 amide bonds. The molecule has 0 unspecified atom stereocenters. The second-order valence-corrected chi connectivity index (χ2v) is 6.73. The number of carboxylic acids is 1. The number of carboxylic acid groups (broad SMARTS) is 1. The first-order valence-electron chi connectivity index (χ1n) is 8.38. The molecule has 0 aliphatic carbocycles. The first kappa shape index (κ1) is 16.6. The normalized spacial score (nSPS) is 16.8. The highest BCUT2D eigenvalue weighted by atomic mass is 35.5. The molecule has 0 bridgehead atoms. The van der Waals surface area contributed by atoms with E-state index in [0.29, 0.717) is 22.4 Å². The molecule has 0 spiro atoms. The molecule has 1 saturated heterocycles. The van der Waals surface area contributed by atoms with Crippen molar-refractivity contribution in [2.45, 2.75) is 12.3 Å². The van der Waals surface area contributed by atoms with Crippen LogP contribution in [0.5, 0.6) is 0 Å². The molecule has 3 aromatic rings. The van der Waals surface area contributed by atoms with E-state index in [-0.39, 0.29) is 5.69 Å². The van der Waals surface area contributed by atoms with Crippen LogP contribution in [0.1, 0.15) is 28.4 Å². The fourth-order valence-electron chi connectivity index (χ4n) is 3.32. The second-order valence-electron chi connectivity index (χ2n) is 6.29. The molecular formula is C19H17ClN4O2. The van der Waals surface area contributed by atoms with Gasteiger partial charge in [0.2, 0.25) is 5.69 Å². The monoisotopic (exact) mass is 368 g/mol. The van der Waals surface area contributed by atoms with Crippen LogP contribution in [0.4, 0.5) is 5.82 Å². The quantitative estimate of drug-likeness (QED) is 0.761. The molecule has 26 heavy (non-hydrogen) atoms. The number of hydrogen-bond acceptors (Lipinski definition) is 4. The van der Waals surface area contributed by atoms with Crippen LogP contribution in [0.2, 0.25) is 5.02 Å². The third-order valence-electron chi connectivity index (χ3n) is 4.60. The highest BCUT2D eigenvalue weighted by molar-refractivity contribution is 6.30. The zero-order valence-electron chi connectivity index (χ0n) is 13.9. The second kappa shape index (κ2) is 6.80. The lowest BCUT2D eigenvalue weighted by atomic mass is 9.99. The van der Waals surface area contributed by atoms with Crippen LogP contribution in [0, 0.1) is 0 Å². The fourth-order valence-corrected chi connectivity index (χ4v) is 3.50. The Kier molecular flexibility index (Phi) is 4.34. The average molecular weight is 369 g/mol. The van der Waals surface area contributed by atoms with Gasteiger partial charge in [-0.1, -0.05) is 48.0 Å². The Morgan fingerprint density at radius 1 is 1.12 bits per heavy atom. The third kappa shape index (κ3) is 3.15. The molecule has 7 heteroatoms. The number of rotatable bonds is 4. The van der Waals surface area contributed by atoms with Crippen molar-refractivity contribution in [3.63, 3.8) is 0 Å². The minimum absolute atomic E-state index is 0.0429. The molecule has 132 valence electrons. The zero-order valence-corrected chi connectivity index (χ0v) is 14.7. The van der Waals surface area contributed by atoms with Crippen molar-refractivity contribution in [2.75, 3.05) is 18.0 Å². The maximum absolute atomic E-state index is 11.7. The van der Waals surface area contributed by atoms with Crippen molar-refractivity contribution in [1.29, 1.82) is 0 Å². The van der Waals surface area contributed by atoms with E-state index >= 15 is 0 Å². The summed E-state index contributed by atoms with van der Waals surface area (Å²) in [5.41, 5.74) is 1.85. The highest BCUT2D eigenvalue weighted by Crippen LogP contribution is 2.31. The van der Waals surface area contributed by atoms with Gasteiger partial charge in [-0.25, -0.2) is 4.79 Å². The predicted octanol–water partition coefficient (Wildman–Crippen LogP) is 3.61. The van der Waals surface area contributed by atoms with Crippen LogP contribution in [-0.4, -0.2) is 39.2 Å². The molecule has 1 N–H and O–H groups in total. The van der Waals surface area contributed by atoms with Crippen LogP contribution in [-0.2, 0) is 0 Å². The Hall–Kier alpha value is -2.86. The van der Waals surface area contributed by atoms with Gasteiger partial charge in [-0.3, -0.25) is 0 Å². The summed E-state index contributed by atoms with van der Waals surface area (Å²) in [7, 11) is 0. The summed E-state index contributed by atoms with van der Waals surface area (Å²) < 4.78 is 0.